The third-order valence-electron chi connectivity index (χ3n) is 4.76. The fourth-order valence-corrected chi connectivity index (χ4v) is 4.22. The van der Waals surface area contributed by atoms with Crippen molar-refractivity contribution in [1.82, 2.24) is 4.98 Å². The summed E-state index contributed by atoms with van der Waals surface area (Å²) in [7, 11) is 1.57. The average molecular weight is 396 g/mol. The lowest BCUT2D eigenvalue weighted by molar-refractivity contribution is -0.149. The number of amides is 1. The molecule has 1 aliphatic rings. The van der Waals surface area contributed by atoms with E-state index in [1.54, 1.807) is 12.0 Å². The molecule has 0 saturated carbocycles. The third kappa shape index (κ3) is 3.57. The molecule has 7 heteroatoms. The van der Waals surface area contributed by atoms with Gasteiger partial charge in [-0.1, -0.05) is 18.2 Å². The molecule has 0 spiro atoms. The van der Waals surface area contributed by atoms with Gasteiger partial charge in [0.1, 0.15) is 17.4 Å². The number of thiazole rings is 1. The summed E-state index contributed by atoms with van der Waals surface area (Å²) in [5, 5.41) is 0.746. The summed E-state index contributed by atoms with van der Waals surface area (Å²) in [6.45, 7) is 2.36. The predicted octanol–water partition coefficient (Wildman–Crippen LogP) is 3.71. The molecular formula is C21H20N2O4S. The minimum absolute atomic E-state index is 0.106. The second-order valence-electron chi connectivity index (χ2n) is 6.76. The van der Waals surface area contributed by atoms with Crippen molar-refractivity contribution in [3.8, 4) is 5.75 Å². The summed E-state index contributed by atoms with van der Waals surface area (Å²) in [6.07, 6.45) is 0.135. The van der Waals surface area contributed by atoms with Crippen molar-refractivity contribution < 1.29 is 19.1 Å². The number of esters is 1. The van der Waals surface area contributed by atoms with Crippen LogP contribution in [0.15, 0.2) is 42.5 Å². The van der Waals surface area contributed by atoms with Crippen LogP contribution in [0, 0.1) is 12.8 Å². The molecule has 3 aromatic rings. The van der Waals surface area contributed by atoms with Crippen LogP contribution in [0.3, 0.4) is 0 Å². The van der Waals surface area contributed by atoms with E-state index in [-0.39, 0.29) is 31.4 Å². The number of benzene rings is 2. The molecule has 2 aromatic carbocycles. The number of methoxy groups -OCH3 is 1. The first-order valence-corrected chi connectivity index (χ1v) is 9.83. The van der Waals surface area contributed by atoms with Crippen molar-refractivity contribution in [3.63, 3.8) is 0 Å². The summed E-state index contributed by atoms with van der Waals surface area (Å²) in [6, 6.07) is 13.4. The van der Waals surface area contributed by atoms with Crippen molar-refractivity contribution in [2.45, 2.75) is 20.0 Å². The number of anilines is 1. The summed E-state index contributed by atoms with van der Waals surface area (Å²) in [4.78, 5) is 31.1. The van der Waals surface area contributed by atoms with Gasteiger partial charge in [-0.15, -0.1) is 11.3 Å². The number of fused-ring (bicyclic) bond motifs is 1. The number of rotatable bonds is 5. The molecule has 6 nitrogen and oxygen atoms in total. The zero-order valence-electron chi connectivity index (χ0n) is 15.7. The van der Waals surface area contributed by atoms with Gasteiger partial charge in [-0.25, -0.2) is 4.98 Å². The summed E-state index contributed by atoms with van der Waals surface area (Å²) >= 11 is 1.50. The standard InChI is InChI=1S/C21H20N2O4S/c1-13-7-8-17(26-2)16(9-13)23-11-14(10-20(23)24)21(25)27-12-19-22-15-5-3-4-6-18(15)28-19/h3-9,14H,10-12H2,1-2H3/t14-/m0/s1. The van der Waals surface area contributed by atoms with Gasteiger partial charge in [0.25, 0.3) is 0 Å². The molecule has 1 atom stereocenters. The number of carbonyl (C=O) groups is 2. The predicted molar refractivity (Wildman–Crippen MR) is 108 cm³/mol. The normalized spacial score (nSPS) is 16.6. The van der Waals surface area contributed by atoms with Crippen LogP contribution in [0.2, 0.25) is 0 Å². The van der Waals surface area contributed by atoms with Crippen molar-refractivity contribution in [3.05, 3.63) is 53.0 Å². The molecule has 4 rings (SSSR count). The van der Waals surface area contributed by atoms with Gasteiger partial charge in [0, 0.05) is 13.0 Å². The highest BCUT2D eigenvalue weighted by atomic mass is 32.1. The van der Waals surface area contributed by atoms with Crippen LogP contribution in [0.25, 0.3) is 10.2 Å². The fourth-order valence-electron chi connectivity index (χ4n) is 3.34. The molecule has 1 amide bonds. The number of para-hydroxylation sites is 1. The molecular weight excluding hydrogens is 376 g/mol. The summed E-state index contributed by atoms with van der Waals surface area (Å²) < 4.78 is 11.9. The number of nitrogens with zero attached hydrogens (tertiary/aromatic N) is 2. The van der Waals surface area contributed by atoms with E-state index in [4.69, 9.17) is 9.47 Å². The topological polar surface area (TPSA) is 68.7 Å². The molecule has 0 aliphatic carbocycles. The number of aryl methyl sites for hydroxylation is 1. The highest BCUT2D eigenvalue weighted by Crippen LogP contribution is 2.34. The maximum absolute atomic E-state index is 12.5. The first kappa shape index (κ1) is 18.4. The Balaban J connectivity index is 1.43. The van der Waals surface area contributed by atoms with Gasteiger partial charge in [-0.3, -0.25) is 9.59 Å². The van der Waals surface area contributed by atoms with E-state index in [1.807, 2.05) is 49.4 Å². The molecule has 144 valence electrons. The Labute approximate surface area is 166 Å². The molecule has 28 heavy (non-hydrogen) atoms. The van der Waals surface area contributed by atoms with E-state index >= 15 is 0 Å². The van der Waals surface area contributed by atoms with E-state index in [2.05, 4.69) is 4.98 Å². The smallest absolute Gasteiger partial charge is 0.311 e. The van der Waals surface area contributed by atoms with Gasteiger partial charge >= 0.3 is 5.97 Å². The highest BCUT2D eigenvalue weighted by Gasteiger charge is 2.37. The Morgan fingerprint density at radius 3 is 2.89 bits per heavy atom. The van der Waals surface area contributed by atoms with Crippen LogP contribution >= 0.6 is 11.3 Å². The van der Waals surface area contributed by atoms with Gasteiger partial charge in [0.2, 0.25) is 5.91 Å². The van der Waals surface area contributed by atoms with Crippen LogP contribution in [-0.4, -0.2) is 30.5 Å². The fraction of sp³-hybridized carbons (Fsp3) is 0.286. The third-order valence-corrected chi connectivity index (χ3v) is 5.77. The number of carbonyl (C=O) groups excluding carboxylic acids is 2. The zero-order chi connectivity index (χ0) is 19.7. The maximum atomic E-state index is 12.5. The second-order valence-corrected chi connectivity index (χ2v) is 7.88. The summed E-state index contributed by atoms with van der Waals surface area (Å²) in [5.74, 6) is -0.359. The van der Waals surface area contributed by atoms with E-state index in [0.717, 1.165) is 20.8 Å². The van der Waals surface area contributed by atoms with Gasteiger partial charge in [-0.2, -0.15) is 0 Å². The van der Waals surface area contributed by atoms with Gasteiger partial charge in [0.15, 0.2) is 0 Å². The lowest BCUT2D eigenvalue weighted by Crippen LogP contribution is -2.27. The Morgan fingerprint density at radius 2 is 2.11 bits per heavy atom. The Morgan fingerprint density at radius 1 is 1.29 bits per heavy atom. The lowest BCUT2D eigenvalue weighted by atomic mass is 10.1. The molecule has 2 heterocycles. The van der Waals surface area contributed by atoms with E-state index in [1.165, 1.54) is 11.3 Å². The minimum Gasteiger partial charge on any atom is -0.495 e. The van der Waals surface area contributed by atoms with Crippen molar-refractivity contribution in [1.29, 1.82) is 0 Å². The number of ether oxygens (including phenoxy) is 2. The van der Waals surface area contributed by atoms with Gasteiger partial charge < -0.3 is 14.4 Å². The molecule has 1 saturated heterocycles. The van der Waals surface area contributed by atoms with Crippen molar-refractivity contribution in [2.75, 3.05) is 18.6 Å². The summed E-state index contributed by atoms with van der Waals surface area (Å²) in [5.41, 5.74) is 2.60. The molecule has 0 radical (unpaired) electrons. The molecule has 1 aliphatic heterocycles. The lowest BCUT2D eigenvalue weighted by Gasteiger charge is -2.20. The van der Waals surface area contributed by atoms with Crippen molar-refractivity contribution in [2.24, 2.45) is 5.92 Å². The van der Waals surface area contributed by atoms with E-state index < -0.39 is 5.92 Å². The SMILES string of the molecule is COc1ccc(C)cc1N1C[C@@H](C(=O)OCc2nc3ccccc3s2)CC1=O. The molecule has 1 aromatic heterocycles. The quantitative estimate of drug-likeness (QED) is 0.615. The maximum Gasteiger partial charge on any atom is 0.311 e. The van der Waals surface area contributed by atoms with Gasteiger partial charge in [0.05, 0.1) is 28.9 Å². The van der Waals surface area contributed by atoms with Crippen LogP contribution in [0.5, 0.6) is 5.75 Å². The second kappa shape index (κ2) is 7.59. The average Bonchev–Trinajstić information content (AvgIpc) is 3.29. The Kier molecular flexibility index (Phi) is 5.00. The van der Waals surface area contributed by atoms with Crippen LogP contribution in [0.4, 0.5) is 5.69 Å². The van der Waals surface area contributed by atoms with Crippen LogP contribution < -0.4 is 9.64 Å². The van der Waals surface area contributed by atoms with E-state index in [0.29, 0.717) is 11.4 Å². The highest BCUT2D eigenvalue weighted by molar-refractivity contribution is 7.18. The Hall–Kier alpha value is -2.93. The molecule has 1 fully saturated rings. The molecule has 0 unspecified atom stereocenters. The Bertz CT molecular complexity index is 1010. The largest absolute Gasteiger partial charge is 0.495 e. The number of aromatic nitrogens is 1. The van der Waals surface area contributed by atoms with Crippen LogP contribution in [0.1, 0.15) is 17.0 Å². The zero-order valence-corrected chi connectivity index (χ0v) is 16.5. The number of hydrogen-bond donors (Lipinski definition) is 0. The molecule has 0 N–H and O–H groups in total. The molecule has 0 bridgehead atoms. The van der Waals surface area contributed by atoms with Crippen LogP contribution in [-0.2, 0) is 20.9 Å². The van der Waals surface area contributed by atoms with Crippen molar-refractivity contribution >= 4 is 39.1 Å². The first-order chi connectivity index (χ1) is 13.5. The minimum atomic E-state index is -0.493. The first-order valence-electron chi connectivity index (χ1n) is 9.01. The number of hydrogen-bond acceptors (Lipinski definition) is 6. The van der Waals surface area contributed by atoms with E-state index in [9.17, 15) is 9.59 Å². The van der Waals surface area contributed by atoms with Gasteiger partial charge in [-0.05, 0) is 36.8 Å². The monoisotopic (exact) mass is 396 g/mol.